The molecule has 0 aromatic rings. The molecule has 1 aliphatic rings. The molecule has 0 aromatic carbocycles. The van der Waals surface area contributed by atoms with Gasteiger partial charge in [-0.15, -0.1) is 5.73 Å². The van der Waals surface area contributed by atoms with Gasteiger partial charge in [0, 0.05) is 12.2 Å². The van der Waals surface area contributed by atoms with E-state index in [4.69, 9.17) is 4.74 Å². The van der Waals surface area contributed by atoms with Crippen LogP contribution in [0.1, 0.15) is 46.0 Å². The van der Waals surface area contributed by atoms with Crippen molar-refractivity contribution in [1.82, 2.24) is 0 Å². The Morgan fingerprint density at radius 1 is 1.62 bits per heavy atom. The number of rotatable bonds is 4. The topological polar surface area (TPSA) is 9.23 Å². The van der Waals surface area contributed by atoms with Crippen LogP contribution in [-0.2, 0) is 4.74 Å². The van der Waals surface area contributed by atoms with E-state index in [1.807, 2.05) is 0 Å². The van der Waals surface area contributed by atoms with Crippen LogP contribution in [-0.4, -0.2) is 12.2 Å². The van der Waals surface area contributed by atoms with Crippen molar-refractivity contribution in [2.24, 2.45) is 0 Å². The first-order valence-corrected chi connectivity index (χ1v) is 5.26. The smallest absolute Gasteiger partial charge is 0.0937 e. The molecule has 1 unspecified atom stereocenters. The van der Waals surface area contributed by atoms with Gasteiger partial charge in [0.25, 0.3) is 0 Å². The first kappa shape index (κ1) is 10.6. The van der Waals surface area contributed by atoms with Gasteiger partial charge < -0.3 is 4.74 Å². The highest BCUT2D eigenvalue weighted by Crippen LogP contribution is 2.34. The fraction of sp³-hybridized carbons (Fsp3) is 0.750. The molecule has 0 aliphatic carbocycles. The van der Waals surface area contributed by atoms with Gasteiger partial charge in [-0.05, 0) is 32.6 Å². The van der Waals surface area contributed by atoms with Gasteiger partial charge in [-0.1, -0.05) is 19.9 Å². The van der Waals surface area contributed by atoms with Crippen molar-refractivity contribution < 1.29 is 4.74 Å². The van der Waals surface area contributed by atoms with Crippen molar-refractivity contribution in [3.8, 4) is 0 Å². The molecule has 0 aromatic heterocycles. The molecule has 1 saturated heterocycles. The number of unbranched alkanes of at least 4 members (excludes halogenated alkanes) is 1. The van der Waals surface area contributed by atoms with Gasteiger partial charge in [-0.2, -0.15) is 0 Å². The first-order chi connectivity index (χ1) is 6.23. The minimum Gasteiger partial charge on any atom is -0.370 e. The Morgan fingerprint density at radius 3 is 2.85 bits per heavy atom. The molecule has 1 nitrogen and oxygen atoms in total. The third-order valence-corrected chi connectivity index (χ3v) is 2.85. The van der Waals surface area contributed by atoms with Crippen LogP contribution < -0.4 is 0 Å². The SMILES string of the molecule is C=C=C(CCCC)C1(C)CCCO1. The van der Waals surface area contributed by atoms with E-state index in [9.17, 15) is 0 Å². The van der Waals surface area contributed by atoms with Gasteiger partial charge >= 0.3 is 0 Å². The fourth-order valence-corrected chi connectivity index (χ4v) is 1.91. The maximum atomic E-state index is 5.75. The number of hydrogen-bond donors (Lipinski definition) is 0. The summed E-state index contributed by atoms with van der Waals surface area (Å²) in [6.07, 6.45) is 5.84. The van der Waals surface area contributed by atoms with Crippen LogP contribution in [0, 0.1) is 0 Å². The Kier molecular flexibility index (Phi) is 3.77. The second kappa shape index (κ2) is 4.64. The van der Waals surface area contributed by atoms with Gasteiger partial charge in [-0.3, -0.25) is 0 Å². The number of ether oxygens (including phenoxy) is 1. The van der Waals surface area contributed by atoms with Crippen molar-refractivity contribution in [3.63, 3.8) is 0 Å². The monoisotopic (exact) mass is 180 g/mol. The highest BCUT2D eigenvalue weighted by molar-refractivity contribution is 5.15. The van der Waals surface area contributed by atoms with Gasteiger partial charge in [0.2, 0.25) is 0 Å². The van der Waals surface area contributed by atoms with Crippen molar-refractivity contribution in [3.05, 3.63) is 17.9 Å². The summed E-state index contributed by atoms with van der Waals surface area (Å²) in [5.41, 5.74) is 4.29. The summed E-state index contributed by atoms with van der Waals surface area (Å²) in [4.78, 5) is 0. The molecule has 13 heavy (non-hydrogen) atoms. The van der Waals surface area contributed by atoms with Gasteiger partial charge in [-0.25, -0.2) is 0 Å². The van der Waals surface area contributed by atoms with E-state index in [0.717, 1.165) is 19.4 Å². The van der Waals surface area contributed by atoms with Crippen LogP contribution in [0.4, 0.5) is 0 Å². The van der Waals surface area contributed by atoms with Crippen molar-refractivity contribution in [2.75, 3.05) is 6.61 Å². The minimum atomic E-state index is -0.0447. The molecule has 0 N–H and O–H groups in total. The molecule has 0 bridgehead atoms. The average molecular weight is 180 g/mol. The lowest BCUT2D eigenvalue weighted by Gasteiger charge is -2.25. The summed E-state index contributed by atoms with van der Waals surface area (Å²) in [7, 11) is 0. The summed E-state index contributed by atoms with van der Waals surface area (Å²) in [6, 6.07) is 0. The normalized spacial score (nSPS) is 27.2. The third kappa shape index (κ3) is 2.46. The Balaban J connectivity index is 2.60. The molecule has 74 valence electrons. The summed E-state index contributed by atoms with van der Waals surface area (Å²) < 4.78 is 5.75. The van der Waals surface area contributed by atoms with E-state index >= 15 is 0 Å². The van der Waals surface area contributed by atoms with Crippen LogP contribution in [0.25, 0.3) is 0 Å². The van der Waals surface area contributed by atoms with E-state index in [0.29, 0.717) is 0 Å². The zero-order valence-corrected chi connectivity index (χ0v) is 8.86. The second-order valence-corrected chi connectivity index (χ2v) is 3.94. The molecule has 1 aliphatic heterocycles. The molecule has 0 saturated carbocycles. The molecule has 0 radical (unpaired) electrons. The first-order valence-electron chi connectivity index (χ1n) is 5.26. The van der Waals surface area contributed by atoms with Crippen LogP contribution in [0.5, 0.6) is 0 Å². The van der Waals surface area contributed by atoms with Crippen molar-refractivity contribution >= 4 is 0 Å². The Hall–Kier alpha value is -0.520. The molecule has 1 fully saturated rings. The quantitative estimate of drug-likeness (QED) is 0.602. The summed E-state index contributed by atoms with van der Waals surface area (Å²) in [5, 5.41) is 0. The summed E-state index contributed by atoms with van der Waals surface area (Å²) in [6.45, 7) is 9.04. The van der Waals surface area contributed by atoms with Gasteiger partial charge in [0.1, 0.15) is 0 Å². The Morgan fingerprint density at radius 2 is 2.38 bits per heavy atom. The van der Waals surface area contributed by atoms with Gasteiger partial charge in [0.05, 0.1) is 5.60 Å². The molecular weight excluding hydrogens is 160 g/mol. The third-order valence-electron chi connectivity index (χ3n) is 2.85. The molecule has 0 spiro atoms. The molecule has 1 rings (SSSR count). The van der Waals surface area contributed by atoms with E-state index in [1.54, 1.807) is 0 Å². The largest absolute Gasteiger partial charge is 0.370 e. The lowest BCUT2D eigenvalue weighted by Crippen LogP contribution is -2.25. The van der Waals surface area contributed by atoms with E-state index < -0.39 is 0 Å². The predicted molar refractivity (Wildman–Crippen MR) is 55.8 cm³/mol. The Bertz CT molecular complexity index is 205. The minimum absolute atomic E-state index is 0.0447. The van der Waals surface area contributed by atoms with Gasteiger partial charge in [0.15, 0.2) is 0 Å². The second-order valence-electron chi connectivity index (χ2n) is 3.94. The average Bonchev–Trinajstić information content (AvgIpc) is 2.54. The maximum absolute atomic E-state index is 5.75. The molecule has 1 atom stereocenters. The fourth-order valence-electron chi connectivity index (χ4n) is 1.91. The van der Waals surface area contributed by atoms with E-state index in [1.165, 1.54) is 24.8 Å². The zero-order valence-electron chi connectivity index (χ0n) is 8.86. The van der Waals surface area contributed by atoms with Crippen LogP contribution in [0.3, 0.4) is 0 Å². The van der Waals surface area contributed by atoms with Crippen LogP contribution >= 0.6 is 0 Å². The highest BCUT2D eigenvalue weighted by Gasteiger charge is 2.33. The molecule has 1 heteroatoms. The standard InChI is InChI=1S/C12H20O/c1-4-6-8-11(5-2)12(3)9-7-10-13-12/h2,4,6-10H2,1,3H3. The number of hydrogen-bond acceptors (Lipinski definition) is 1. The van der Waals surface area contributed by atoms with E-state index in [2.05, 4.69) is 26.2 Å². The highest BCUT2D eigenvalue weighted by atomic mass is 16.5. The van der Waals surface area contributed by atoms with E-state index in [-0.39, 0.29) is 5.60 Å². The molecule has 1 heterocycles. The maximum Gasteiger partial charge on any atom is 0.0937 e. The lowest BCUT2D eigenvalue weighted by atomic mass is 9.90. The van der Waals surface area contributed by atoms with Crippen LogP contribution in [0.15, 0.2) is 17.9 Å². The lowest BCUT2D eigenvalue weighted by molar-refractivity contribution is 0.0486. The molecule has 0 amide bonds. The summed E-state index contributed by atoms with van der Waals surface area (Å²) >= 11 is 0. The van der Waals surface area contributed by atoms with Crippen molar-refractivity contribution in [2.45, 2.75) is 51.6 Å². The van der Waals surface area contributed by atoms with Crippen LogP contribution in [0.2, 0.25) is 0 Å². The molecular formula is C12H20O. The Labute approximate surface area is 81.5 Å². The predicted octanol–water partition coefficient (Wildman–Crippen LogP) is 3.46. The summed E-state index contributed by atoms with van der Waals surface area (Å²) in [5.74, 6) is 0. The van der Waals surface area contributed by atoms with Crippen molar-refractivity contribution in [1.29, 1.82) is 0 Å². The zero-order chi connectivity index (χ0) is 9.73.